The molecule has 0 spiro atoms. The summed E-state index contributed by atoms with van der Waals surface area (Å²) in [7, 11) is 3.57. The monoisotopic (exact) mass is 353 g/mol. The SMILES string of the molecule is CNC(c1ccc(OC)c(Cl)c1)c1cc(Br)ccc1C. The molecule has 20 heavy (non-hydrogen) atoms. The predicted molar refractivity (Wildman–Crippen MR) is 87.8 cm³/mol. The van der Waals surface area contributed by atoms with E-state index in [0.717, 1.165) is 10.0 Å². The van der Waals surface area contributed by atoms with E-state index < -0.39 is 0 Å². The van der Waals surface area contributed by atoms with Crippen LogP contribution in [0.2, 0.25) is 5.02 Å². The minimum atomic E-state index is 0.0934. The molecule has 0 saturated heterocycles. The third-order valence-electron chi connectivity index (χ3n) is 3.35. The highest BCUT2D eigenvalue weighted by atomic mass is 79.9. The van der Waals surface area contributed by atoms with E-state index in [0.29, 0.717) is 10.8 Å². The number of rotatable bonds is 4. The topological polar surface area (TPSA) is 21.3 Å². The molecular formula is C16H17BrClNO. The molecule has 0 aromatic heterocycles. The molecule has 1 atom stereocenters. The minimum Gasteiger partial charge on any atom is -0.495 e. The van der Waals surface area contributed by atoms with E-state index in [4.69, 9.17) is 16.3 Å². The Hall–Kier alpha value is -1.03. The number of methoxy groups -OCH3 is 1. The van der Waals surface area contributed by atoms with Gasteiger partial charge in [0.25, 0.3) is 0 Å². The number of benzene rings is 2. The van der Waals surface area contributed by atoms with Crippen molar-refractivity contribution in [1.82, 2.24) is 5.32 Å². The summed E-state index contributed by atoms with van der Waals surface area (Å²) in [6.45, 7) is 2.11. The average molecular weight is 355 g/mol. The molecule has 2 nitrogen and oxygen atoms in total. The number of ether oxygens (including phenoxy) is 1. The Morgan fingerprint density at radius 1 is 1.20 bits per heavy atom. The van der Waals surface area contributed by atoms with Crippen LogP contribution in [-0.2, 0) is 0 Å². The van der Waals surface area contributed by atoms with Crippen molar-refractivity contribution in [3.8, 4) is 5.75 Å². The van der Waals surface area contributed by atoms with Gasteiger partial charge >= 0.3 is 0 Å². The van der Waals surface area contributed by atoms with Gasteiger partial charge in [-0.1, -0.05) is 39.7 Å². The maximum absolute atomic E-state index is 6.23. The van der Waals surface area contributed by atoms with Crippen molar-refractivity contribution in [2.75, 3.05) is 14.2 Å². The van der Waals surface area contributed by atoms with E-state index in [1.165, 1.54) is 11.1 Å². The highest BCUT2D eigenvalue weighted by molar-refractivity contribution is 9.10. The van der Waals surface area contributed by atoms with Crippen molar-refractivity contribution in [1.29, 1.82) is 0 Å². The van der Waals surface area contributed by atoms with Crippen LogP contribution in [0.1, 0.15) is 22.7 Å². The maximum atomic E-state index is 6.23. The van der Waals surface area contributed by atoms with Crippen molar-refractivity contribution in [3.63, 3.8) is 0 Å². The number of halogens is 2. The van der Waals surface area contributed by atoms with Crippen molar-refractivity contribution < 1.29 is 4.74 Å². The molecule has 2 aromatic carbocycles. The first kappa shape index (κ1) is 15.4. The number of nitrogens with one attached hydrogen (secondary N) is 1. The Balaban J connectivity index is 2.46. The lowest BCUT2D eigenvalue weighted by atomic mass is 9.95. The van der Waals surface area contributed by atoms with Gasteiger partial charge in [-0.3, -0.25) is 0 Å². The quantitative estimate of drug-likeness (QED) is 0.857. The molecule has 2 aromatic rings. The van der Waals surface area contributed by atoms with Crippen molar-refractivity contribution in [2.24, 2.45) is 0 Å². The molecule has 0 aliphatic heterocycles. The first-order valence-corrected chi connectivity index (χ1v) is 7.50. The molecule has 0 saturated carbocycles. The van der Waals surface area contributed by atoms with E-state index in [2.05, 4.69) is 40.3 Å². The second kappa shape index (κ2) is 6.61. The Bertz CT molecular complexity index is 615. The molecule has 0 heterocycles. The Morgan fingerprint density at radius 3 is 2.55 bits per heavy atom. The van der Waals surface area contributed by atoms with Gasteiger partial charge in [-0.05, 0) is 54.9 Å². The first-order chi connectivity index (χ1) is 9.56. The maximum Gasteiger partial charge on any atom is 0.137 e. The zero-order valence-corrected chi connectivity index (χ0v) is 14.0. The zero-order chi connectivity index (χ0) is 14.7. The van der Waals surface area contributed by atoms with E-state index >= 15 is 0 Å². The van der Waals surface area contributed by atoms with Crippen LogP contribution in [0.15, 0.2) is 40.9 Å². The van der Waals surface area contributed by atoms with Gasteiger partial charge in [-0.15, -0.1) is 0 Å². The van der Waals surface area contributed by atoms with Crippen molar-refractivity contribution >= 4 is 27.5 Å². The average Bonchev–Trinajstić information content (AvgIpc) is 2.44. The van der Waals surface area contributed by atoms with E-state index in [-0.39, 0.29) is 6.04 Å². The Kier molecular flexibility index (Phi) is 5.08. The van der Waals surface area contributed by atoms with Crippen LogP contribution in [0, 0.1) is 6.92 Å². The van der Waals surface area contributed by atoms with Crippen LogP contribution in [-0.4, -0.2) is 14.2 Å². The van der Waals surface area contributed by atoms with Gasteiger partial charge in [-0.2, -0.15) is 0 Å². The highest BCUT2D eigenvalue weighted by Gasteiger charge is 2.16. The van der Waals surface area contributed by atoms with Gasteiger partial charge in [0.15, 0.2) is 0 Å². The van der Waals surface area contributed by atoms with Crippen LogP contribution in [0.25, 0.3) is 0 Å². The molecule has 0 aliphatic carbocycles. The molecule has 0 amide bonds. The summed E-state index contributed by atoms with van der Waals surface area (Å²) in [6, 6.07) is 12.3. The second-order valence-electron chi connectivity index (χ2n) is 4.62. The van der Waals surface area contributed by atoms with Crippen LogP contribution in [0.4, 0.5) is 0 Å². The van der Waals surface area contributed by atoms with E-state index in [1.54, 1.807) is 7.11 Å². The van der Waals surface area contributed by atoms with Gasteiger partial charge < -0.3 is 10.1 Å². The fourth-order valence-corrected chi connectivity index (χ4v) is 2.93. The molecule has 1 N–H and O–H groups in total. The summed E-state index contributed by atoms with van der Waals surface area (Å²) in [5, 5.41) is 3.97. The zero-order valence-electron chi connectivity index (χ0n) is 11.7. The van der Waals surface area contributed by atoms with Crippen LogP contribution in [0.5, 0.6) is 5.75 Å². The van der Waals surface area contributed by atoms with E-state index in [9.17, 15) is 0 Å². The number of aryl methyl sites for hydroxylation is 1. The summed E-state index contributed by atoms with van der Waals surface area (Å²) < 4.78 is 6.27. The van der Waals surface area contributed by atoms with Crippen LogP contribution in [0.3, 0.4) is 0 Å². The molecular weight excluding hydrogens is 338 g/mol. The molecule has 1 unspecified atom stereocenters. The third kappa shape index (κ3) is 3.17. The van der Waals surface area contributed by atoms with Gasteiger partial charge in [0, 0.05) is 4.47 Å². The largest absolute Gasteiger partial charge is 0.495 e. The molecule has 0 radical (unpaired) electrons. The highest BCUT2D eigenvalue weighted by Crippen LogP contribution is 2.32. The summed E-state index contributed by atoms with van der Waals surface area (Å²) >= 11 is 9.76. The smallest absolute Gasteiger partial charge is 0.137 e. The third-order valence-corrected chi connectivity index (χ3v) is 4.14. The van der Waals surface area contributed by atoms with Gasteiger partial charge in [0.05, 0.1) is 18.2 Å². The summed E-state index contributed by atoms with van der Waals surface area (Å²) in [4.78, 5) is 0. The lowest BCUT2D eigenvalue weighted by Gasteiger charge is -2.20. The molecule has 0 aliphatic rings. The standard InChI is InChI=1S/C16H17BrClNO/c1-10-4-6-12(17)9-13(10)16(19-2)11-5-7-15(20-3)14(18)8-11/h4-9,16,19H,1-3H3. The summed E-state index contributed by atoms with van der Waals surface area (Å²) in [6.07, 6.45) is 0. The predicted octanol–water partition coefficient (Wildman–Crippen LogP) is 4.73. The Morgan fingerprint density at radius 2 is 1.95 bits per heavy atom. The summed E-state index contributed by atoms with van der Waals surface area (Å²) in [5.74, 6) is 0.691. The first-order valence-electron chi connectivity index (χ1n) is 6.33. The number of hydrogen-bond acceptors (Lipinski definition) is 2. The second-order valence-corrected chi connectivity index (χ2v) is 5.94. The molecule has 2 rings (SSSR count). The molecule has 106 valence electrons. The molecule has 4 heteroatoms. The Labute approximate surface area is 133 Å². The van der Waals surface area contributed by atoms with Gasteiger partial charge in [0.1, 0.15) is 5.75 Å². The lowest BCUT2D eigenvalue weighted by Crippen LogP contribution is -2.18. The fourth-order valence-electron chi connectivity index (χ4n) is 2.29. The normalized spacial score (nSPS) is 12.2. The van der Waals surface area contributed by atoms with E-state index in [1.807, 2.05) is 31.3 Å². The van der Waals surface area contributed by atoms with Crippen LogP contribution < -0.4 is 10.1 Å². The van der Waals surface area contributed by atoms with Gasteiger partial charge in [-0.25, -0.2) is 0 Å². The van der Waals surface area contributed by atoms with Gasteiger partial charge in [0.2, 0.25) is 0 Å². The number of hydrogen-bond donors (Lipinski definition) is 1. The van der Waals surface area contributed by atoms with Crippen molar-refractivity contribution in [3.05, 3.63) is 62.6 Å². The van der Waals surface area contributed by atoms with Crippen LogP contribution >= 0.6 is 27.5 Å². The van der Waals surface area contributed by atoms with Crippen molar-refractivity contribution in [2.45, 2.75) is 13.0 Å². The summed E-state index contributed by atoms with van der Waals surface area (Å²) in [5.41, 5.74) is 3.57. The fraction of sp³-hybridized carbons (Fsp3) is 0.250. The minimum absolute atomic E-state index is 0.0934. The molecule has 0 bridgehead atoms. The molecule has 0 fully saturated rings. The lowest BCUT2D eigenvalue weighted by molar-refractivity contribution is 0.414.